The molecule has 0 bridgehead atoms. The number of pyridine rings is 1. The van der Waals surface area contributed by atoms with Crippen molar-refractivity contribution in [2.45, 2.75) is 18.7 Å². The maximum Gasteiger partial charge on any atom is 0.241 e. The molecule has 8 heteroatoms. The first-order valence-electron chi connectivity index (χ1n) is 8.19. The van der Waals surface area contributed by atoms with E-state index in [9.17, 15) is 0 Å². The molecule has 0 N–H and O–H groups in total. The molecular formula is C16H20N6OS. The highest BCUT2D eigenvalue weighted by Gasteiger charge is 2.25. The molecule has 24 heavy (non-hydrogen) atoms. The molecule has 1 saturated heterocycles. The van der Waals surface area contributed by atoms with E-state index in [4.69, 9.17) is 4.52 Å². The second kappa shape index (κ2) is 6.90. The van der Waals surface area contributed by atoms with Crippen molar-refractivity contribution >= 4 is 16.9 Å². The van der Waals surface area contributed by atoms with Crippen molar-refractivity contribution in [3.63, 3.8) is 0 Å². The van der Waals surface area contributed by atoms with Gasteiger partial charge >= 0.3 is 0 Å². The van der Waals surface area contributed by atoms with Gasteiger partial charge < -0.3 is 9.42 Å². The molecule has 0 aromatic carbocycles. The Bertz CT molecular complexity index is 710. The van der Waals surface area contributed by atoms with Gasteiger partial charge in [0.25, 0.3) is 0 Å². The summed E-state index contributed by atoms with van der Waals surface area (Å²) in [7, 11) is 0. The molecule has 2 aromatic heterocycles. The van der Waals surface area contributed by atoms with E-state index in [1.807, 2.05) is 23.9 Å². The van der Waals surface area contributed by atoms with Crippen LogP contribution in [0.25, 0.3) is 11.4 Å². The van der Waals surface area contributed by atoms with E-state index in [2.05, 4.69) is 36.8 Å². The van der Waals surface area contributed by atoms with Crippen LogP contribution < -0.4 is 0 Å². The van der Waals surface area contributed by atoms with Gasteiger partial charge in [0.2, 0.25) is 11.7 Å². The van der Waals surface area contributed by atoms with E-state index in [0.29, 0.717) is 23.5 Å². The van der Waals surface area contributed by atoms with Crippen molar-refractivity contribution in [2.75, 3.05) is 32.7 Å². The highest BCUT2D eigenvalue weighted by molar-refractivity contribution is 8.14. The summed E-state index contributed by atoms with van der Waals surface area (Å²) in [5.41, 5.74) is 0.926. The van der Waals surface area contributed by atoms with Crippen molar-refractivity contribution < 1.29 is 4.52 Å². The molecule has 0 amide bonds. The van der Waals surface area contributed by atoms with E-state index in [0.717, 1.165) is 38.3 Å². The molecular weight excluding hydrogens is 324 g/mol. The predicted molar refractivity (Wildman–Crippen MR) is 93.7 cm³/mol. The van der Waals surface area contributed by atoms with Crippen LogP contribution in [0.3, 0.4) is 0 Å². The van der Waals surface area contributed by atoms with Crippen molar-refractivity contribution in [3.8, 4) is 11.4 Å². The minimum absolute atomic E-state index is 0.614. The predicted octanol–water partition coefficient (Wildman–Crippen LogP) is 1.74. The summed E-state index contributed by atoms with van der Waals surface area (Å²) in [6.07, 6.45) is 3.46. The summed E-state index contributed by atoms with van der Waals surface area (Å²) < 4.78 is 5.40. The number of aromatic nitrogens is 3. The lowest BCUT2D eigenvalue weighted by Gasteiger charge is -2.34. The molecule has 4 rings (SSSR count). The molecule has 0 aliphatic carbocycles. The minimum atomic E-state index is 0.614. The number of aliphatic imine (C=N–C) groups is 1. The van der Waals surface area contributed by atoms with Crippen molar-refractivity contribution in [1.29, 1.82) is 0 Å². The van der Waals surface area contributed by atoms with Gasteiger partial charge in [0.1, 0.15) is 0 Å². The summed E-state index contributed by atoms with van der Waals surface area (Å²) in [5, 5.41) is 5.89. The summed E-state index contributed by atoms with van der Waals surface area (Å²) >= 11 is 1.89. The zero-order chi connectivity index (χ0) is 16.4. The second-order valence-corrected chi connectivity index (χ2v) is 7.47. The van der Waals surface area contributed by atoms with Gasteiger partial charge in [-0.05, 0) is 12.1 Å². The smallest absolute Gasteiger partial charge is 0.241 e. The highest BCUT2D eigenvalue weighted by atomic mass is 32.2. The van der Waals surface area contributed by atoms with Crippen LogP contribution in [0.15, 0.2) is 34.0 Å². The Balaban J connectivity index is 1.32. The van der Waals surface area contributed by atoms with Gasteiger partial charge in [-0.15, -0.1) is 0 Å². The van der Waals surface area contributed by atoms with Gasteiger partial charge in [0.15, 0.2) is 5.17 Å². The van der Waals surface area contributed by atoms with E-state index in [1.165, 1.54) is 5.17 Å². The quantitative estimate of drug-likeness (QED) is 0.840. The lowest BCUT2D eigenvalue weighted by Crippen LogP contribution is -2.47. The van der Waals surface area contributed by atoms with Crippen LogP contribution in [-0.2, 0) is 6.54 Å². The van der Waals surface area contributed by atoms with Gasteiger partial charge in [-0.1, -0.05) is 23.8 Å². The standard InChI is InChI=1S/C16H20N6OS/c1-12-10-18-16(24-12)22-8-6-21(7-9-22)11-14-19-15(20-23-14)13-2-4-17-5-3-13/h2-5,12H,6-11H2,1H3/t12-/m0/s1. The molecule has 7 nitrogen and oxygen atoms in total. The normalized spacial score (nSPS) is 22.0. The first kappa shape index (κ1) is 15.6. The van der Waals surface area contributed by atoms with Crippen LogP contribution in [0.1, 0.15) is 12.8 Å². The molecule has 0 spiro atoms. The van der Waals surface area contributed by atoms with Crippen LogP contribution in [0, 0.1) is 0 Å². The van der Waals surface area contributed by atoms with Gasteiger partial charge in [0, 0.05) is 49.4 Å². The third kappa shape index (κ3) is 3.44. The molecule has 2 aromatic rings. The Hall–Kier alpha value is -1.93. The van der Waals surface area contributed by atoms with Crippen molar-refractivity contribution in [2.24, 2.45) is 4.99 Å². The van der Waals surface area contributed by atoms with E-state index >= 15 is 0 Å². The Morgan fingerprint density at radius 1 is 1.21 bits per heavy atom. The number of nitrogens with zero attached hydrogens (tertiary/aromatic N) is 6. The van der Waals surface area contributed by atoms with E-state index in [1.54, 1.807) is 12.4 Å². The molecule has 2 aliphatic heterocycles. The first-order chi connectivity index (χ1) is 11.8. The van der Waals surface area contributed by atoms with Crippen LogP contribution >= 0.6 is 11.8 Å². The molecule has 4 heterocycles. The minimum Gasteiger partial charge on any atom is -0.349 e. The SMILES string of the molecule is C[C@H]1CN=C(N2CCN(Cc3nc(-c4ccncc4)no3)CC2)S1. The number of rotatable bonds is 3. The van der Waals surface area contributed by atoms with E-state index < -0.39 is 0 Å². The maximum absolute atomic E-state index is 5.40. The fraction of sp³-hybridized carbons (Fsp3) is 0.500. The Morgan fingerprint density at radius 3 is 2.71 bits per heavy atom. The number of thioether (sulfide) groups is 1. The molecule has 2 aliphatic rings. The monoisotopic (exact) mass is 344 g/mol. The number of hydrogen-bond donors (Lipinski definition) is 0. The second-order valence-electron chi connectivity index (χ2n) is 6.06. The molecule has 1 fully saturated rings. The zero-order valence-corrected chi connectivity index (χ0v) is 14.4. The number of amidine groups is 1. The first-order valence-corrected chi connectivity index (χ1v) is 9.07. The average molecular weight is 344 g/mol. The summed E-state index contributed by atoms with van der Waals surface area (Å²) in [6, 6.07) is 3.77. The van der Waals surface area contributed by atoms with Crippen LogP contribution in [0.5, 0.6) is 0 Å². The molecule has 0 saturated carbocycles. The van der Waals surface area contributed by atoms with Gasteiger partial charge in [-0.25, -0.2) is 0 Å². The van der Waals surface area contributed by atoms with Gasteiger partial charge in [-0.2, -0.15) is 4.98 Å². The third-order valence-corrected chi connectivity index (χ3v) is 5.35. The summed E-state index contributed by atoms with van der Waals surface area (Å²) in [5.74, 6) is 1.29. The lowest BCUT2D eigenvalue weighted by atomic mass is 10.2. The summed E-state index contributed by atoms with van der Waals surface area (Å²) in [4.78, 5) is 17.9. The lowest BCUT2D eigenvalue weighted by molar-refractivity contribution is 0.159. The maximum atomic E-state index is 5.40. The van der Waals surface area contributed by atoms with E-state index in [-0.39, 0.29) is 0 Å². The van der Waals surface area contributed by atoms with Crippen LogP contribution in [0.4, 0.5) is 0 Å². The van der Waals surface area contributed by atoms with Crippen molar-refractivity contribution in [1.82, 2.24) is 24.9 Å². The number of hydrogen-bond acceptors (Lipinski definition) is 8. The average Bonchev–Trinajstić information content (AvgIpc) is 3.26. The Kier molecular flexibility index (Phi) is 4.48. The van der Waals surface area contributed by atoms with Crippen LogP contribution in [0.2, 0.25) is 0 Å². The van der Waals surface area contributed by atoms with Crippen LogP contribution in [-0.4, -0.2) is 68.1 Å². The van der Waals surface area contributed by atoms with Crippen molar-refractivity contribution in [3.05, 3.63) is 30.4 Å². The Morgan fingerprint density at radius 2 is 2.00 bits per heavy atom. The summed E-state index contributed by atoms with van der Waals surface area (Å²) in [6.45, 7) is 7.85. The highest BCUT2D eigenvalue weighted by Crippen LogP contribution is 2.24. The molecule has 126 valence electrons. The molecule has 0 unspecified atom stereocenters. The molecule has 0 radical (unpaired) electrons. The fourth-order valence-corrected chi connectivity index (χ4v) is 3.85. The largest absolute Gasteiger partial charge is 0.349 e. The Labute approximate surface area is 145 Å². The zero-order valence-electron chi connectivity index (χ0n) is 13.6. The third-order valence-electron chi connectivity index (χ3n) is 4.20. The topological polar surface area (TPSA) is 70.7 Å². The molecule has 1 atom stereocenters. The van der Waals surface area contributed by atoms with Gasteiger partial charge in [0.05, 0.1) is 13.1 Å². The fourth-order valence-electron chi connectivity index (χ4n) is 2.86. The van der Waals surface area contributed by atoms with Gasteiger partial charge in [-0.3, -0.25) is 14.9 Å². The number of piperazine rings is 1.